The Morgan fingerprint density at radius 2 is 1.15 bits per heavy atom. The van der Waals surface area contributed by atoms with Gasteiger partial charge in [0, 0.05) is 18.5 Å². The highest BCUT2D eigenvalue weighted by molar-refractivity contribution is 7.96. The molecule has 4 heteroatoms. The number of rotatable bonds is 13. The second-order valence-electron chi connectivity index (χ2n) is 11.9. The highest BCUT2D eigenvalue weighted by Gasteiger charge is 2.57. The van der Waals surface area contributed by atoms with Gasteiger partial charge in [0.15, 0.2) is 0 Å². The molecule has 1 N–H and O–H groups in total. The molecule has 0 fully saturated rings. The van der Waals surface area contributed by atoms with Crippen LogP contribution in [0.5, 0.6) is 0 Å². The number of nitrogens with one attached hydrogen (secondary N) is 1. The van der Waals surface area contributed by atoms with Crippen molar-refractivity contribution in [2.75, 3.05) is 13.2 Å². The Balaban J connectivity index is 1.49. The van der Waals surface area contributed by atoms with E-state index < -0.39 is 7.26 Å². The third-order valence-corrected chi connectivity index (χ3v) is 13.4. The maximum absolute atomic E-state index is 12.6. The van der Waals surface area contributed by atoms with Crippen LogP contribution < -0.4 is 21.2 Å². The maximum Gasteiger partial charge on any atom is 0.251 e. The van der Waals surface area contributed by atoms with Crippen LogP contribution in [-0.2, 0) is 11.2 Å². The van der Waals surface area contributed by atoms with Crippen LogP contribution in [-0.4, -0.2) is 29.8 Å². The number of amides is 1. The lowest BCUT2D eigenvalue weighted by Gasteiger charge is -2.41. The molecule has 214 valence electrons. The Bertz CT molecular complexity index is 1270. The summed E-state index contributed by atoms with van der Waals surface area (Å²) in [6.07, 6.45) is 2.61. The van der Waals surface area contributed by atoms with Gasteiger partial charge in [0.05, 0.1) is 17.4 Å². The molecule has 3 nitrogen and oxygen atoms in total. The minimum absolute atomic E-state index is 0.0345. The van der Waals surface area contributed by atoms with Crippen molar-refractivity contribution in [2.45, 2.75) is 64.6 Å². The first-order chi connectivity index (χ1) is 19.7. The average molecular weight is 567 g/mol. The van der Waals surface area contributed by atoms with Gasteiger partial charge in [-0.05, 0) is 94.6 Å². The second kappa shape index (κ2) is 13.6. The van der Waals surface area contributed by atoms with Gasteiger partial charge in [0.25, 0.3) is 5.91 Å². The monoisotopic (exact) mass is 566 g/mol. The van der Waals surface area contributed by atoms with Gasteiger partial charge in [-0.25, -0.2) is 0 Å². The van der Waals surface area contributed by atoms with E-state index in [1.54, 1.807) is 0 Å². The van der Waals surface area contributed by atoms with Crippen LogP contribution >= 0.6 is 7.26 Å². The van der Waals surface area contributed by atoms with E-state index in [-0.39, 0.29) is 16.7 Å². The number of ether oxygens (including phenoxy) is 1. The first-order valence-electron chi connectivity index (χ1n) is 14.8. The summed E-state index contributed by atoms with van der Waals surface area (Å²) in [5.74, 6) is -0.0345. The fourth-order valence-corrected chi connectivity index (χ4v) is 11.0. The van der Waals surface area contributed by atoms with E-state index in [1.165, 1.54) is 21.5 Å². The molecular formula is C37H45NO2P+. The van der Waals surface area contributed by atoms with Gasteiger partial charge in [-0.1, -0.05) is 73.7 Å². The number of benzene rings is 4. The van der Waals surface area contributed by atoms with E-state index in [9.17, 15) is 4.79 Å². The summed E-state index contributed by atoms with van der Waals surface area (Å²) in [4.78, 5) is 12.6. The van der Waals surface area contributed by atoms with Crippen molar-refractivity contribution in [1.29, 1.82) is 0 Å². The summed E-state index contributed by atoms with van der Waals surface area (Å²) in [6.45, 7) is 12.4. The normalized spacial score (nSPS) is 12.2. The molecule has 4 aromatic rings. The molecular weight excluding hydrogens is 521 g/mol. The van der Waals surface area contributed by atoms with Gasteiger partial charge in [-0.15, -0.1) is 0 Å². The van der Waals surface area contributed by atoms with Gasteiger partial charge in [0.1, 0.15) is 23.2 Å². The topological polar surface area (TPSA) is 38.3 Å². The summed E-state index contributed by atoms with van der Waals surface area (Å²) >= 11 is 0. The Hall–Kier alpha value is -3.26. The smallest absolute Gasteiger partial charge is 0.251 e. The Labute approximate surface area is 247 Å². The van der Waals surface area contributed by atoms with Gasteiger partial charge < -0.3 is 10.1 Å². The molecule has 0 bridgehead atoms. The zero-order chi connectivity index (χ0) is 29.3. The van der Waals surface area contributed by atoms with Crippen molar-refractivity contribution in [2.24, 2.45) is 0 Å². The van der Waals surface area contributed by atoms with Gasteiger partial charge in [0.2, 0.25) is 0 Å². The standard InChI is InChI=1S/C37H44NO2P/c1-6-30-22-24-31(25-23-30)35(39)38-28-26-36(2,3)40-29-27-37(4,5)41(32-16-10-7-11-17-32,33-18-12-8-13-19-33)34-20-14-9-15-21-34/h7-25H,6,26-29H2,1-5H3/p+1. The summed E-state index contributed by atoms with van der Waals surface area (Å²) < 4.78 is 6.55. The maximum atomic E-state index is 12.6. The lowest BCUT2D eigenvalue weighted by molar-refractivity contribution is -0.0258. The van der Waals surface area contributed by atoms with E-state index >= 15 is 0 Å². The fourth-order valence-electron chi connectivity index (χ4n) is 5.74. The number of hydrogen-bond donors (Lipinski definition) is 1. The SMILES string of the molecule is CCc1ccc(C(=O)NCCC(C)(C)OCCC(C)(C)[P+](c2ccccc2)(c2ccccc2)c2ccccc2)cc1. The molecule has 0 unspecified atom stereocenters. The van der Waals surface area contributed by atoms with Gasteiger partial charge in [-0.3, -0.25) is 4.79 Å². The number of carbonyl (C=O) groups excluding carboxylic acids is 1. The molecule has 0 heterocycles. The molecule has 0 saturated carbocycles. The quantitative estimate of drug-likeness (QED) is 0.172. The zero-order valence-electron chi connectivity index (χ0n) is 25.3. The fraction of sp³-hybridized carbons (Fsp3) is 0.324. The van der Waals surface area contributed by atoms with Gasteiger partial charge in [-0.2, -0.15) is 0 Å². The predicted octanol–water partition coefficient (Wildman–Crippen LogP) is 7.33. The summed E-state index contributed by atoms with van der Waals surface area (Å²) in [5, 5.41) is 7.15. The second-order valence-corrected chi connectivity index (χ2v) is 16.0. The van der Waals surface area contributed by atoms with E-state index in [4.69, 9.17) is 4.74 Å². The van der Waals surface area contributed by atoms with Crippen molar-refractivity contribution in [3.05, 3.63) is 126 Å². The lowest BCUT2D eigenvalue weighted by Crippen LogP contribution is -2.45. The first-order valence-corrected chi connectivity index (χ1v) is 16.6. The summed E-state index contributed by atoms with van der Waals surface area (Å²) in [7, 11) is -2.05. The minimum Gasteiger partial charge on any atom is -0.375 e. The highest BCUT2D eigenvalue weighted by Crippen LogP contribution is 2.66. The number of aryl methyl sites for hydroxylation is 1. The van der Waals surface area contributed by atoms with Crippen molar-refractivity contribution < 1.29 is 9.53 Å². The van der Waals surface area contributed by atoms with Crippen LogP contribution in [0.15, 0.2) is 115 Å². The van der Waals surface area contributed by atoms with Crippen LogP contribution in [0.2, 0.25) is 0 Å². The van der Waals surface area contributed by atoms with Crippen LogP contribution in [0.1, 0.15) is 63.4 Å². The average Bonchev–Trinajstić information content (AvgIpc) is 2.99. The van der Waals surface area contributed by atoms with Crippen molar-refractivity contribution in [3.63, 3.8) is 0 Å². The molecule has 41 heavy (non-hydrogen) atoms. The third kappa shape index (κ3) is 7.15. The molecule has 1 amide bonds. The molecule has 0 radical (unpaired) electrons. The van der Waals surface area contributed by atoms with Crippen LogP contribution in [0.3, 0.4) is 0 Å². The van der Waals surface area contributed by atoms with E-state index in [2.05, 4.69) is 131 Å². The molecule has 0 aromatic heterocycles. The Morgan fingerprint density at radius 1 is 0.683 bits per heavy atom. The lowest BCUT2D eigenvalue weighted by atomic mass is 10.0. The molecule has 0 aliphatic heterocycles. The Kier molecular flexibility index (Phi) is 10.2. The number of hydrogen-bond acceptors (Lipinski definition) is 2. The van der Waals surface area contributed by atoms with Crippen molar-refractivity contribution in [1.82, 2.24) is 5.32 Å². The molecule has 0 saturated heterocycles. The molecule has 4 rings (SSSR count). The largest absolute Gasteiger partial charge is 0.375 e. The van der Waals surface area contributed by atoms with Crippen molar-refractivity contribution >= 4 is 29.1 Å². The molecule has 0 aliphatic rings. The van der Waals surface area contributed by atoms with E-state index in [0.717, 1.165) is 19.3 Å². The molecule has 0 aliphatic carbocycles. The Morgan fingerprint density at radius 3 is 1.59 bits per heavy atom. The minimum atomic E-state index is -2.05. The third-order valence-electron chi connectivity index (χ3n) is 8.18. The van der Waals surface area contributed by atoms with Crippen LogP contribution in [0.25, 0.3) is 0 Å². The predicted molar refractivity (Wildman–Crippen MR) is 177 cm³/mol. The summed E-state index contributed by atoms with van der Waals surface area (Å²) in [6, 6.07) is 41.0. The zero-order valence-corrected chi connectivity index (χ0v) is 26.2. The number of carbonyl (C=O) groups is 1. The van der Waals surface area contributed by atoms with Crippen LogP contribution in [0.4, 0.5) is 0 Å². The summed E-state index contributed by atoms with van der Waals surface area (Å²) in [5.41, 5.74) is 1.57. The molecule has 0 atom stereocenters. The first kappa shape index (κ1) is 30.7. The van der Waals surface area contributed by atoms with E-state index in [0.29, 0.717) is 18.7 Å². The van der Waals surface area contributed by atoms with E-state index in [1.807, 2.05) is 24.3 Å². The van der Waals surface area contributed by atoms with Crippen molar-refractivity contribution in [3.8, 4) is 0 Å². The van der Waals surface area contributed by atoms with Gasteiger partial charge >= 0.3 is 0 Å². The highest BCUT2D eigenvalue weighted by atomic mass is 31.2. The molecule has 0 spiro atoms. The van der Waals surface area contributed by atoms with Crippen LogP contribution in [0, 0.1) is 0 Å². The molecule has 4 aromatic carbocycles.